The first-order valence-electron chi connectivity index (χ1n) is 20.0. The summed E-state index contributed by atoms with van der Waals surface area (Å²) in [5.74, 6) is 0. The SMILES string of the molecule is CC1(C)c2ccccc2-c2c(-c3ccc(N(c4ccc(-c5cccc6c5oc5c7ccccc7ccc65)cc4)c4ccc5c(c4)oc4ccccc45)cc3)cccc21. The average molecular weight is 744 g/mol. The molecule has 3 nitrogen and oxygen atoms in total. The highest BCUT2D eigenvalue weighted by Crippen LogP contribution is 2.52. The number of fused-ring (bicyclic) bond motifs is 11. The second kappa shape index (κ2) is 12.3. The van der Waals surface area contributed by atoms with E-state index in [4.69, 9.17) is 8.83 Å². The molecule has 0 N–H and O–H groups in total. The third kappa shape index (κ3) is 4.80. The molecule has 0 saturated carbocycles. The predicted molar refractivity (Wildman–Crippen MR) is 242 cm³/mol. The smallest absolute Gasteiger partial charge is 0.143 e. The van der Waals surface area contributed by atoms with E-state index in [2.05, 4.69) is 195 Å². The van der Waals surface area contributed by atoms with Gasteiger partial charge in [0, 0.05) is 61.0 Å². The fraction of sp³-hybridized carbons (Fsp3) is 0.0545. The van der Waals surface area contributed by atoms with Crippen molar-refractivity contribution in [3.8, 4) is 33.4 Å². The quantitative estimate of drug-likeness (QED) is 0.176. The third-order valence-electron chi connectivity index (χ3n) is 12.5. The average Bonchev–Trinajstić information content (AvgIpc) is 3.92. The molecule has 274 valence electrons. The molecule has 2 heterocycles. The first kappa shape index (κ1) is 32.8. The van der Waals surface area contributed by atoms with Gasteiger partial charge in [0.15, 0.2) is 0 Å². The topological polar surface area (TPSA) is 29.5 Å². The summed E-state index contributed by atoms with van der Waals surface area (Å²) in [6.07, 6.45) is 0. The van der Waals surface area contributed by atoms with E-state index in [-0.39, 0.29) is 5.41 Å². The normalized spacial score (nSPS) is 13.1. The van der Waals surface area contributed by atoms with Crippen molar-refractivity contribution in [1.29, 1.82) is 0 Å². The van der Waals surface area contributed by atoms with E-state index in [0.29, 0.717) is 0 Å². The van der Waals surface area contributed by atoms with Crippen molar-refractivity contribution in [3.63, 3.8) is 0 Å². The van der Waals surface area contributed by atoms with Crippen molar-refractivity contribution in [1.82, 2.24) is 0 Å². The van der Waals surface area contributed by atoms with Gasteiger partial charge in [-0.25, -0.2) is 0 Å². The number of furan rings is 2. The molecule has 11 aromatic rings. The summed E-state index contributed by atoms with van der Waals surface area (Å²) >= 11 is 0. The summed E-state index contributed by atoms with van der Waals surface area (Å²) in [6, 6.07) is 67.6. The molecule has 9 aromatic carbocycles. The fourth-order valence-corrected chi connectivity index (χ4v) is 9.63. The minimum Gasteiger partial charge on any atom is -0.456 e. The van der Waals surface area contributed by atoms with Crippen LogP contribution in [0.3, 0.4) is 0 Å². The van der Waals surface area contributed by atoms with Gasteiger partial charge >= 0.3 is 0 Å². The second-order valence-electron chi connectivity index (χ2n) is 16.1. The number of hydrogen-bond donors (Lipinski definition) is 0. The van der Waals surface area contributed by atoms with Crippen LogP contribution in [0.1, 0.15) is 25.0 Å². The van der Waals surface area contributed by atoms with Gasteiger partial charge in [0.25, 0.3) is 0 Å². The molecule has 1 aliphatic rings. The van der Waals surface area contributed by atoms with Crippen molar-refractivity contribution in [2.75, 3.05) is 4.90 Å². The fourth-order valence-electron chi connectivity index (χ4n) is 9.63. The summed E-state index contributed by atoms with van der Waals surface area (Å²) in [4.78, 5) is 2.32. The van der Waals surface area contributed by atoms with Gasteiger partial charge in [-0.15, -0.1) is 0 Å². The minimum atomic E-state index is -0.0511. The summed E-state index contributed by atoms with van der Waals surface area (Å²) in [5.41, 5.74) is 16.7. The van der Waals surface area contributed by atoms with E-state index >= 15 is 0 Å². The molecule has 58 heavy (non-hydrogen) atoms. The molecule has 0 saturated heterocycles. The maximum atomic E-state index is 6.72. The van der Waals surface area contributed by atoms with Crippen LogP contribution in [0.2, 0.25) is 0 Å². The van der Waals surface area contributed by atoms with Crippen LogP contribution in [-0.2, 0) is 5.41 Å². The van der Waals surface area contributed by atoms with Crippen LogP contribution >= 0.6 is 0 Å². The van der Waals surface area contributed by atoms with Crippen molar-refractivity contribution < 1.29 is 8.83 Å². The van der Waals surface area contributed by atoms with E-state index < -0.39 is 0 Å². The minimum absolute atomic E-state index is 0.0511. The van der Waals surface area contributed by atoms with Crippen LogP contribution < -0.4 is 4.90 Å². The molecule has 0 unspecified atom stereocenters. The molecule has 0 fully saturated rings. The number of nitrogens with zero attached hydrogens (tertiary/aromatic N) is 1. The first-order chi connectivity index (χ1) is 28.5. The molecule has 0 aliphatic heterocycles. The Kier molecular flexibility index (Phi) is 6.98. The van der Waals surface area contributed by atoms with E-state index in [0.717, 1.165) is 77.5 Å². The molecular weight excluding hydrogens is 707 g/mol. The lowest BCUT2D eigenvalue weighted by Crippen LogP contribution is -2.14. The molecule has 0 radical (unpaired) electrons. The Morgan fingerprint density at radius 3 is 1.78 bits per heavy atom. The zero-order chi connectivity index (χ0) is 38.5. The second-order valence-corrected chi connectivity index (χ2v) is 16.1. The van der Waals surface area contributed by atoms with Crippen LogP contribution in [0.25, 0.3) is 88.0 Å². The van der Waals surface area contributed by atoms with Crippen molar-refractivity contribution >= 4 is 71.7 Å². The molecule has 12 rings (SSSR count). The lowest BCUT2D eigenvalue weighted by molar-refractivity contribution is 0.660. The van der Waals surface area contributed by atoms with Crippen LogP contribution in [0.4, 0.5) is 17.1 Å². The van der Waals surface area contributed by atoms with Crippen molar-refractivity contribution in [3.05, 3.63) is 199 Å². The lowest BCUT2D eigenvalue weighted by atomic mass is 9.82. The van der Waals surface area contributed by atoms with E-state index in [9.17, 15) is 0 Å². The Morgan fingerprint density at radius 2 is 0.948 bits per heavy atom. The van der Waals surface area contributed by atoms with Crippen molar-refractivity contribution in [2.45, 2.75) is 19.3 Å². The van der Waals surface area contributed by atoms with Gasteiger partial charge in [-0.1, -0.05) is 147 Å². The van der Waals surface area contributed by atoms with Crippen LogP contribution in [0, 0.1) is 0 Å². The molecule has 0 bridgehead atoms. The highest BCUT2D eigenvalue weighted by molar-refractivity contribution is 6.17. The predicted octanol–water partition coefficient (Wildman–Crippen LogP) is 15.7. The molecule has 0 amide bonds. The third-order valence-corrected chi connectivity index (χ3v) is 12.5. The number of hydrogen-bond acceptors (Lipinski definition) is 3. The first-order valence-corrected chi connectivity index (χ1v) is 20.0. The molecule has 0 atom stereocenters. The van der Waals surface area contributed by atoms with Crippen LogP contribution in [-0.4, -0.2) is 0 Å². The van der Waals surface area contributed by atoms with Crippen LogP contribution in [0.15, 0.2) is 197 Å². The molecular formula is C55H37NO2. The summed E-state index contributed by atoms with van der Waals surface area (Å²) in [5, 5.41) is 6.80. The van der Waals surface area contributed by atoms with Gasteiger partial charge in [0.1, 0.15) is 22.3 Å². The summed E-state index contributed by atoms with van der Waals surface area (Å²) in [7, 11) is 0. The summed E-state index contributed by atoms with van der Waals surface area (Å²) in [6.45, 7) is 4.68. The lowest BCUT2D eigenvalue weighted by Gasteiger charge is -2.26. The Balaban J connectivity index is 0.979. The standard InChI is InChI=1S/C55H37NO2/c1-55(2)48-18-7-5-14-47(48)52-40(15-10-19-49(52)55)35-21-26-37(27-22-35)56(39-30-32-44-43-13-6-8-20-50(43)57-51(44)33-39)38-28-23-36(24-29-38)42-16-9-17-45-46-31-25-34-11-3-4-12-41(34)54(46)58-53(42)45/h3-33H,1-2H3. The molecule has 0 spiro atoms. The zero-order valence-corrected chi connectivity index (χ0v) is 32.2. The Hall–Kier alpha value is -7.36. The van der Waals surface area contributed by atoms with Gasteiger partial charge in [0.05, 0.1) is 0 Å². The maximum Gasteiger partial charge on any atom is 0.143 e. The highest BCUT2D eigenvalue weighted by Gasteiger charge is 2.36. The van der Waals surface area contributed by atoms with Gasteiger partial charge in [-0.2, -0.15) is 0 Å². The van der Waals surface area contributed by atoms with E-state index in [1.807, 2.05) is 12.1 Å². The largest absolute Gasteiger partial charge is 0.456 e. The number of para-hydroxylation sites is 2. The Labute approximate surface area is 336 Å². The Bertz CT molecular complexity index is 3420. The van der Waals surface area contributed by atoms with Gasteiger partial charge < -0.3 is 13.7 Å². The summed E-state index contributed by atoms with van der Waals surface area (Å²) < 4.78 is 13.1. The number of benzene rings is 9. The molecule has 2 aromatic heterocycles. The monoisotopic (exact) mass is 743 g/mol. The van der Waals surface area contributed by atoms with Crippen molar-refractivity contribution in [2.24, 2.45) is 0 Å². The number of anilines is 3. The molecule has 1 aliphatic carbocycles. The van der Waals surface area contributed by atoms with Gasteiger partial charge in [-0.05, 0) is 92.9 Å². The van der Waals surface area contributed by atoms with E-state index in [1.165, 1.54) is 38.8 Å². The van der Waals surface area contributed by atoms with E-state index in [1.54, 1.807) is 0 Å². The van der Waals surface area contributed by atoms with Gasteiger partial charge in [-0.3, -0.25) is 0 Å². The number of rotatable bonds is 5. The van der Waals surface area contributed by atoms with Crippen LogP contribution in [0.5, 0.6) is 0 Å². The molecule has 3 heteroatoms. The Morgan fingerprint density at radius 1 is 0.379 bits per heavy atom. The van der Waals surface area contributed by atoms with Gasteiger partial charge in [0.2, 0.25) is 0 Å². The maximum absolute atomic E-state index is 6.72. The zero-order valence-electron chi connectivity index (χ0n) is 32.2. The highest BCUT2D eigenvalue weighted by atomic mass is 16.3.